The number of hydrogen-bond donors (Lipinski definition) is 0. The molecule has 2 fully saturated rings. The van der Waals surface area contributed by atoms with E-state index in [2.05, 4.69) is 0 Å². The Bertz CT molecular complexity index is 586. The number of hydrogen-bond acceptors (Lipinski definition) is 2. The first-order valence-corrected chi connectivity index (χ1v) is 8.35. The van der Waals surface area contributed by atoms with Gasteiger partial charge in [0, 0.05) is 29.5 Å². The monoisotopic (exact) mass is 302 g/mol. The van der Waals surface area contributed by atoms with Crippen LogP contribution < -0.4 is 0 Å². The van der Waals surface area contributed by atoms with Crippen molar-refractivity contribution in [3.05, 3.63) is 35.9 Å². The molecule has 4 atom stereocenters. The maximum absolute atomic E-state index is 12.8. The summed E-state index contributed by atoms with van der Waals surface area (Å²) in [5.41, 5.74) is 1.89. The molecule has 0 N–H and O–H groups in total. The summed E-state index contributed by atoms with van der Waals surface area (Å²) < 4.78 is 0. The van der Waals surface area contributed by atoms with Crippen molar-refractivity contribution in [3.8, 4) is 0 Å². The van der Waals surface area contributed by atoms with Crippen molar-refractivity contribution in [2.75, 3.05) is 5.88 Å². The van der Waals surface area contributed by atoms with E-state index in [9.17, 15) is 4.79 Å². The number of rotatable bonds is 3. The second kappa shape index (κ2) is 5.13. The van der Waals surface area contributed by atoms with Gasteiger partial charge in [-0.1, -0.05) is 18.2 Å². The van der Waals surface area contributed by atoms with Gasteiger partial charge in [-0.25, -0.2) is 5.01 Å². The number of amides is 1. The van der Waals surface area contributed by atoms with Gasteiger partial charge in [0.2, 0.25) is 0 Å². The number of halogens is 1. The van der Waals surface area contributed by atoms with E-state index in [4.69, 9.17) is 16.7 Å². The minimum Gasteiger partial charge on any atom is -0.267 e. The minimum atomic E-state index is 0.0442. The smallest absolute Gasteiger partial charge is 0.267 e. The topological polar surface area (TPSA) is 32.7 Å². The van der Waals surface area contributed by atoms with E-state index >= 15 is 0 Å². The number of nitrogens with zero attached hydrogens (tertiary/aromatic N) is 2. The van der Waals surface area contributed by atoms with Gasteiger partial charge in [0.1, 0.15) is 0 Å². The van der Waals surface area contributed by atoms with E-state index < -0.39 is 0 Å². The third kappa shape index (κ3) is 2.02. The van der Waals surface area contributed by atoms with Gasteiger partial charge in [-0.05, 0) is 43.2 Å². The van der Waals surface area contributed by atoms with E-state index in [1.165, 1.54) is 19.3 Å². The molecule has 1 amide bonds. The molecule has 1 heterocycles. The molecule has 3 aliphatic rings. The van der Waals surface area contributed by atoms with Crippen LogP contribution in [0.2, 0.25) is 0 Å². The average molecular weight is 303 g/mol. The molecule has 4 heteroatoms. The van der Waals surface area contributed by atoms with Crippen LogP contribution in [0.5, 0.6) is 0 Å². The van der Waals surface area contributed by atoms with Crippen molar-refractivity contribution >= 4 is 23.2 Å². The summed E-state index contributed by atoms with van der Waals surface area (Å²) >= 11 is 5.93. The SMILES string of the molecule is O=C(c1ccccc1)N1N=C(CCCl)[C@@H]2[C@H]3CC[C@H](C3)[C@@H]21. The Balaban J connectivity index is 1.67. The number of hydrazone groups is 1. The highest BCUT2D eigenvalue weighted by molar-refractivity contribution is 6.19. The second-order valence-electron chi connectivity index (χ2n) is 6.40. The molecule has 1 aromatic carbocycles. The van der Waals surface area contributed by atoms with Crippen molar-refractivity contribution in [3.63, 3.8) is 0 Å². The number of alkyl halides is 1. The molecule has 21 heavy (non-hydrogen) atoms. The maximum Gasteiger partial charge on any atom is 0.274 e. The van der Waals surface area contributed by atoms with Crippen LogP contribution >= 0.6 is 11.6 Å². The van der Waals surface area contributed by atoms with Crippen LogP contribution in [-0.2, 0) is 0 Å². The summed E-state index contributed by atoms with van der Waals surface area (Å²) in [6.45, 7) is 0. The molecule has 3 nitrogen and oxygen atoms in total. The number of benzene rings is 1. The summed E-state index contributed by atoms with van der Waals surface area (Å²) in [4.78, 5) is 12.8. The number of carbonyl (C=O) groups excluding carboxylic acids is 1. The molecule has 4 rings (SSSR count). The van der Waals surface area contributed by atoms with Crippen molar-refractivity contribution in [2.24, 2.45) is 22.9 Å². The lowest BCUT2D eigenvalue weighted by Crippen LogP contribution is -2.41. The van der Waals surface area contributed by atoms with Gasteiger partial charge < -0.3 is 0 Å². The number of carbonyl (C=O) groups is 1. The Labute approximate surface area is 130 Å². The quantitative estimate of drug-likeness (QED) is 0.786. The van der Waals surface area contributed by atoms with E-state index in [0.717, 1.165) is 23.6 Å². The van der Waals surface area contributed by atoms with Crippen LogP contribution in [0.1, 0.15) is 36.0 Å². The molecule has 2 saturated carbocycles. The first kappa shape index (κ1) is 13.3. The van der Waals surface area contributed by atoms with Crippen LogP contribution in [-0.4, -0.2) is 28.5 Å². The van der Waals surface area contributed by atoms with Crippen LogP contribution in [0.4, 0.5) is 0 Å². The Morgan fingerprint density at radius 1 is 1.24 bits per heavy atom. The molecule has 2 aliphatic carbocycles. The predicted octanol–water partition coefficient (Wildman–Crippen LogP) is 3.54. The Morgan fingerprint density at radius 2 is 2.00 bits per heavy atom. The van der Waals surface area contributed by atoms with Crippen LogP contribution in [0.3, 0.4) is 0 Å². The largest absolute Gasteiger partial charge is 0.274 e. The van der Waals surface area contributed by atoms with Gasteiger partial charge in [-0.3, -0.25) is 4.79 Å². The van der Waals surface area contributed by atoms with E-state index in [-0.39, 0.29) is 11.9 Å². The summed E-state index contributed by atoms with van der Waals surface area (Å²) in [6, 6.07) is 9.79. The van der Waals surface area contributed by atoms with Gasteiger partial charge in [0.25, 0.3) is 5.91 Å². The van der Waals surface area contributed by atoms with Gasteiger partial charge in [-0.2, -0.15) is 5.10 Å². The Hall–Kier alpha value is -1.35. The molecule has 2 bridgehead atoms. The highest BCUT2D eigenvalue weighted by Gasteiger charge is 2.56. The molecule has 1 aromatic rings. The average Bonchev–Trinajstić information content (AvgIpc) is 3.20. The molecule has 0 unspecified atom stereocenters. The standard InChI is InChI=1S/C17H19ClN2O/c18-9-8-14-15-12-6-7-13(10-12)16(15)20(19-14)17(21)11-4-2-1-3-5-11/h1-5,12-13,15-16H,6-10H2/t12-,13+,15-,16-/m0/s1. The Kier molecular flexibility index (Phi) is 3.26. The summed E-state index contributed by atoms with van der Waals surface area (Å²) in [7, 11) is 0. The molecule has 110 valence electrons. The van der Waals surface area contributed by atoms with Crippen LogP contribution in [0.15, 0.2) is 35.4 Å². The zero-order valence-corrected chi connectivity index (χ0v) is 12.7. The first-order chi connectivity index (χ1) is 10.3. The summed E-state index contributed by atoms with van der Waals surface area (Å²) in [5.74, 6) is 2.45. The molecule has 1 aliphatic heterocycles. The zero-order chi connectivity index (χ0) is 14.4. The highest BCUT2D eigenvalue weighted by atomic mass is 35.5. The van der Waals surface area contributed by atoms with Crippen molar-refractivity contribution < 1.29 is 4.79 Å². The lowest BCUT2D eigenvalue weighted by Gasteiger charge is -2.30. The predicted molar refractivity (Wildman–Crippen MR) is 83.5 cm³/mol. The second-order valence-corrected chi connectivity index (χ2v) is 6.77. The van der Waals surface area contributed by atoms with Crippen LogP contribution in [0.25, 0.3) is 0 Å². The van der Waals surface area contributed by atoms with Gasteiger partial charge in [0.05, 0.1) is 6.04 Å². The fraction of sp³-hybridized carbons (Fsp3) is 0.529. The summed E-state index contributed by atoms with van der Waals surface area (Å²) in [5, 5.41) is 6.48. The molecular formula is C17H19ClN2O. The number of fused-ring (bicyclic) bond motifs is 5. The van der Waals surface area contributed by atoms with E-state index in [1.807, 2.05) is 30.3 Å². The van der Waals surface area contributed by atoms with Crippen molar-refractivity contribution in [1.82, 2.24) is 5.01 Å². The van der Waals surface area contributed by atoms with Gasteiger partial charge in [-0.15, -0.1) is 11.6 Å². The fourth-order valence-corrected chi connectivity index (χ4v) is 4.75. The molecule has 0 radical (unpaired) electrons. The van der Waals surface area contributed by atoms with Crippen LogP contribution in [0, 0.1) is 17.8 Å². The maximum atomic E-state index is 12.8. The van der Waals surface area contributed by atoms with E-state index in [1.54, 1.807) is 5.01 Å². The lowest BCUT2D eigenvalue weighted by atomic mass is 9.81. The van der Waals surface area contributed by atoms with E-state index in [0.29, 0.717) is 17.7 Å². The Morgan fingerprint density at radius 3 is 2.76 bits per heavy atom. The third-order valence-corrected chi connectivity index (χ3v) is 5.54. The molecule has 0 aromatic heterocycles. The fourth-order valence-electron chi connectivity index (χ4n) is 4.56. The normalized spacial score (nSPS) is 33.2. The zero-order valence-electron chi connectivity index (χ0n) is 11.9. The third-order valence-electron chi connectivity index (χ3n) is 5.36. The molecular weight excluding hydrogens is 284 g/mol. The first-order valence-electron chi connectivity index (χ1n) is 7.81. The van der Waals surface area contributed by atoms with Gasteiger partial charge >= 0.3 is 0 Å². The molecule has 0 spiro atoms. The molecule has 0 saturated heterocycles. The highest BCUT2D eigenvalue weighted by Crippen LogP contribution is 2.54. The van der Waals surface area contributed by atoms with Crippen molar-refractivity contribution in [1.29, 1.82) is 0 Å². The summed E-state index contributed by atoms with van der Waals surface area (Å²) in [6.07, 6.45) is 4.61. The van der Waals surface area contributed by atoms with Gasteiger partial charge in [0.15, 0.2) is 0 Å². The lowest BCUT2D eigenvalue weighted by molar-refractivity contribution is 0.0629. The van der Waals surface area contributed by atoms with Crippen molar-refractivity contribution in [2.45, 2.75) is 31.7 Å². The minimum absolute atomic E-state index is 0.0442.